The van der Waals surface area contributed by atoms with Gasteiger partial charge in [0, 0.05) is 39.3 Å². The third-order valence-electron chi connectivity index (χ3n) is 5.55. The standard InChI is InChI=1S/C20H25FN4O2S.ClH/c21-18-5-2-1-4-17(18)16-8-12-25(13-9-16)28(26,27)20-7-3-6-19(23-20)24-14-10-22-11-15-24;/h1-7,16,22H,8-15H2;1H. The van der Waals surface area contributed by atoms with Gasteiger partial charge in [-0.05, 0) is 42.5 Å². The average Bonchev–Trinajstić information content (AvgIpc) is 2.75. The molecule has 2 aliphatic rings. The van der Waals surface area contributed by atoms with Crippen molar-refractivity contribution < 1.29 is 12.8 Å². The molecular formula is C20H26ClFN4O2S. The van der Waals surface area contributed by atoms with Crippen molar-refractivity contribution in [1.82, 2.24) is 14.6 Å². The minimum Gasteiger partial charge on any atom is -0.354 e. The summed E-state index contributed by atoms with van der Waals surface area (Å²) >= 11 is 0. The number of benzene rings is 1. The lowest BCUT2D eigenvalue weighted by Crippen LogP contribution is -2.44. The third-order valence-corrected chi connectivity index (χ3v) is 7.35. The van der Waals surface area contributed by atoms with E-state index in [-0.39, 0.29) is 29.2 Å². The Morgan fingerprint density at radius 3 is 2.34 bits per heavy atom. The topological polar surface area (TPSA) is 65.5 Å². The minimum absolute atomic E-state index is 0. The molecule has 4 rings (SSSR count). The lowest BCUT2D eigenvalue weighted by atomic mass is 9.90. The molecule has 3 heterocycles. The van der Waals surface area contributed by atoms with E-state index in [9.17, 15) is 12.8 Å². The van der Waals surface area contributed by atoms with Crippen LogP contribution in [0.5, 0.6) is 0 Å². The Bertz CT molecular complexity index is 930. The van der Waals surface area contributed by atoms with Crippen molar-refractivity contribution in [2.45, 2.75) is 23.8 Å². The molecule has 1 aromatic carbocycles. The van der Waals surface area contributed by atoms with Crippen LogP contribution in [0.4, 0.5) is 10.2 Å². The average molecular weight is 441 g/mol. The highest BCUT2D eigenvalue weighted by atomic mass is 35.5. The normalized spacial score (nSPS) is 19.0. The van der Waals surface area contributed by atoms with Gasteiger partial charge in [-0.15, -0.1) is 12.4 Å². The van der Waals surface area contributed by atoms with Crippen LogP contribution in [-0.4, -0.2) is 57.0 Å². The van der Waals surface area contributed by atoms with Gasteiger partial charge in [-0.1, -0.05) is 24.3 Å². The van der Waals surface area contributed by atoms with Crippen LogP contribution in [0.25, 0.3) is 0 Å². The van der Waals surface area contributed by atoms with Crippen LogP contribution >= 0.6 is 12.4 Å². The van der Waals surface area contributed by atoms with Gasteiger partial charge in [-0.25, -0.2) is 17.8 Å². The van der Waals surface area contributed by atoms with Crippen molar-refractivity contribution in [2.75, 3.05) is 44.2 Å². The fourth-order valence-corrected chi connectivity index (χ4v) is 5.38. The SMILES string of the molecule is Cl.O=S(=O)(c1cccc(N2CCNCC2)n1)N1CCC(c2ccccc2F)CC1. The number of piperidine rings is 1. The van der Waals surface area contributed by atoms with Crippen molar-refractivity contribution in [2.24, 2.45) is 0 Å². The summed E-state index contributed by atoms with van der Waals surface area (Å²) in [5, 5.41) is 3.37. The van der Waals surface area contributed by atoms with E-state index in [0.717, 1.165) is 26.2 Å². The van der Waals surface area contributed by atoms with Crippen molar-refractivity contribution in [1.29, 1.82) is 0 Å². The van der Waals surface area contributed by atoms with Crippen LogP contribution in [-0.2, 0) is 10.0 Å². The summed E-state index contributed by atoms with van der Waals surface area (Å²) in [5.41, 5.74) is 0.679. The molecular weight excluding hydrogens is 415 g/mol. The maximum atomic E-state index is 14.0. The highest BCUT2D eigenvalue weighted by Gasteiger charge is 2.32. The second-order valence-corrected chi connectivity index (χ2v) is 9.16. The quantitative estimate of drug-likeness (QED) is 0.791. The van der Waals surface area contributed by atoms with Gasteiger partial charge < -0.3 is 10.2 Å². The number of piperazine rings is 1. The monoisotopic (exact) mass is 440 g/mol. The number of halogens is 2. The molecule has 2 aromatic rings. The molecule has 0 saturated carbocycles. The summed E-state index contributed by atoms with van der Waals surface area (Å²) in [6, 6.07) is 11.9. The zero-order valence-corrected chi connectivity index (χ0v) is 17.8. The Balaban J connectivity index is 0.00000240. The van der Waals surface area contributed by atoms with Crippen LogP contribution in [0, 0.1) is 5.82 Å². The Morgan fingerprint density at radius 2 is 1.66 bits per heavy atom. The van der Waals surface area contributed by atoms with E-state index >= 15 is 0 Å². The van der Waals surface area contributed by atoms with Crippen LogP contribution in [0.15, 0.2) is 47.5 Å². The zero-order chi connectivity index (χ0) is 19.6. The van der Waals surface area contributed by atoms with Crippen LogP contribution in [0.1, 0.15) is 24.3 Å². The first-order chi connectivity index (χ1) is 13.6. The van der Waals surface area contributed by atoms with E-state index in [4.69, 9.17) is 0 Å². The summed E-state index contributed by atoms with van der Waals surface area (Å²) in [6.07, 6.45) is 1.22. The molecule has 158 valence electrons. The summed E-state index contributed by atoms with van der Waals surface area (Å²) in [7, 11) is -3.65. The summed E-state index contributed by atoms with van der Waals surface area (Å²) < 4.78 is 41.7. The van der Waals surface area contributed by atoms with E-state index in [1.54, 1.807) is 24.3 Å². The van der Waals surface area contributed by atoms with Crippen molar-refractivity contribution in [3.05, 3.63) is 53.8 Å². The number of aromatic nitrogens is 1. The van der Waals surface area contributed by atoms with Gasteiger partial charge in [-0.3, -0.25) is 0 Å². The molecule has 9 heteroatoms. The van der Waals surface area contributed by atoms with Crippen molar-refractivity contribution in [3.63, 3.8) is 0 Å². The molecule has 1 N–H and O–H groups in total. The van der Waals surface area contributed by atoms with Gasteiger partial charge in [-0.2, -0.15) is 4.31 Å². The highest BCUT2D eigenvalue weighted by Crippen LogP contribution is 2.32. The molecule has 0 atom stereocenters. The van der Waals surface area contributed by atoms with Gasteiger partial charge in [0.15, 0.2) is 5.03 Å². The van der Waals surface area contributed by atoms with Crippen LogP contribution in [0.3, 0.4) is 0 Å². The van der Waals surface area contributed by atoms with E-state index < -0.39 is 10.0 Å². The number of hydrogen-bond donors (Lipinski definition) is 1. The predicted molar refractivity (Wildman–Crippen MR) is 114 cm³/mol. The molecule has 0 bridgehead atoms. The number of hydrogen-bond acceptors (Lipinski definition) is 5. The van der Waals surface area contributed by atoms with Gasteiger partial charge in [0.1, 0.15) is 11.6 Å². The molecule has 0 spiro atoms. The van der Waals surface area contributed by atoms with E-state index in [0.29, 0.717) is 37.3 Å². The Morgan fingerprint density at radius 1 is 0.966 bits per heavy atom. The Kier molecular flexibility index (Phi) is 7.10. The Labute approximate surface area is 177 Å². The fourth-order valence-electron chi connectivity index (χ4n) is 3.96. The third kappa shape index (κ3) is 4.71. The molecule has 2 aliphatic heterocycles. The summed E-state index contributed by atoms with van der Waals surface area (Å²) in [5.74, 6) is 0.533. The van der Waals surface area contributed by atoms with E-state index in [1.165, 1.54) is 10.4 Å². The van der Waals surface area contributed by atoms with E-state index in [2.05, 4.69) is 15.2 Å². The lowest BCUT2D eigenvalue weighted by molar-refractivity contribution is 0.315. The van der Waals surface area contributed by atoms with Crippen molar-refractivity contribution in [3.8, 4) is 0 Å². The van der Waals surface area contributed by atoms with E-state index in [1.807, 2.05) is 12.1 Å². The molecule has 0 radical (unpaired) electrons. The van der Waals surface area contributed by atoms with Gasteiger partial charge in [0.05, 0.1) is 0 Å². The number of nitrogens with zero attached hydrogens (tertiary/aromatic N) is 3. The molecule has 6 nitrogen and oxygen atoms in total. The van der Waals surface area contributed by atoms with Gasteiger partial charge in [0.25, 0.3) is 10.0 Å². The molecule has 29 heavy (non-hydrogen) atoms. The fraction of sp³-hybridized carbons (Fsp3) is 0.450. The number of anilines is 1. The largest absolute Gasteiger partial charge is 0.354 e. The second kappa shape index (κ2) is 9.38. The van der Waals surface area contributed by atoms with Gasteiger partial charge in [0.2, 0.25) is 0 Å². The van der Waals surface area contributed by atoms with Crippen LogP contribution in [0.2, 0.25) is 0 Å². The maximum Gasteiger partial charge on any atom is 0.260 e. The highest BCUT2D eigenvalue weighted by molar-refractivity contribution is 7.89. The second-order valence-electron chi connectivity index (χ2n) is 7.27. The number of sulfonamides is 1. The molecule has 1 aromatic heterocycles. The first kappa shape index (κ1) is 22.0. The lowest BCUT2D eigenvalue weighted by Gasteiger charge is -2.32. The molecule has 0 amide bonds. The van der Waals surface area contributed by atoms with Gasteiger partial charge >= 0.3 is 0 Å². The number of nitrogens with one attached hydrogen (secondary N) is 1. The molecule has 0 unspecified atom stereocenters. The molecule has 0 aliphatic carbocycles. The first-order valence-electron chi connectivity index (χ1n) is 9.73. The minimum atomic E-state index is -3.65. The molecule has 2 fully saturated rings. The van der Waals surface area contributed by atoms with Crippen molar-refractivity contribution >= 4 is 28.2 Å². The summed E-state index contributed by atoms with van der Waals surface area (Å²) in [6.45, 7) is 4.10. The number of rotatable bonds is 4. The Hall–Kier alpha value is -1.74. The predicted octanol–water partition coefficient (Wildman–Crippen LogP) is 2.62. The summed E-state index contributed by atoms with van der Waals surface area (Å²) in [4.78, 5) is 6.54. The number of pyridine rings is 1. The smallest absolute Gasteiger partial charge is 0.260 e. The molecule has 2 saturated heterocycles. The maximum absolute atomic E-state index is 14.0. The van der Waals surface area contributed by atoms with Crippen LogP contribution < -0.4 is 10.2 Å². The first-order valence-corrected chi connectivity index (χ1v) is 11.2. The zero-order valence-electron chi connectivity index (χ0n) is 16.1.